The van der Waals surface area contributed by atoms with E-state index in [-0.39, 0.29) is 11.2 Å². The molecule has 162 valence electrons. The molecule has 4 aromatic heterocycles. The number of ketones is 1. The fourth-order valence-corrected chi connectivity index (χ4v) is 5.63. The normalized spacial score (nSPS) is 12.9. The van der Waals surface area contributed by atoms with Crippen LogP contribution in [0.3, 0.4) is 0 Å². The van der Waals surface area contributed by atoms with E-state index in [1.807, 2.05) is 40.3 Å². The van der Waals surface area contributed by atoms with Gasteiger partial charge in [-0.3, -0.25) is 19.0 Å². The second-order valence-corrected chi connectivity index (χ2v) is 10.1. The molecule has 10 heteroatoms. The highest BCUT2D eigenvalue weighted by atomic mass is 32.1. The van der Waals surface area contributed by atoms with Gasteiger partial charge in [0.2, 0.25) is 0 Å². The van der Waals surface area contributed by atoms with Crippen LogP contribution in [0.4, 0.5) is 0 Å². The Labute approximate surface area is 191 Å². The molecular formula is C22H20N6O2S2. The predicted octanol–water partition coefficient (Wildman–Crippen LogP) is 3.83. The van der Waals surface area contributed by atoms with Crippen molar-refractivity contribution in [1.29, 1.82) is 0 Å². The summed E-state index contributed by atoms with van der Waals surface area (Å²) in [6.45, 7) is 3.84. The average Bonchev–Trinajstić information content (AvgIpc) is 3.47. The lowest BCUT2D eigenvalue weighted by Gasteiger charge is -1.93. The van der Waals surface area contributed by atoms with Gasteiger partial charge in [0, 0.05) is 43.9 Å². The summed E-state index contributed by atoms with van der Waals surface area (Å²) >= 11 is 2.92. The Kier molecular flexibility index (Phi) is 4.98. The van der Waals surface area contributed by atoms with Crippen LogP contribution in [0.5, 0.6) is 0 Å². The third-order valence-electron chi connectivity index (χ3n) is 5.20. The van der Waals surface area contributed by atoms with Crippen molar-refractivity contribution in [2.45, 2.75) is 26.7 Å². The molecule has 32 heavy (non-hydrogen) atoms. The number of thiazole rings is 2. The van der Waals surface area contributed by atoms with Crippen LogP contribution in [0.2, 0.25) is 0 Å². The number of hydrogen-bond donors (Lipinski definition) is 0. The zero-order valence-electron chi connectivity index (χ0n) is 18.0. The molecule has 0 bridgehead atoms. The number of carbonyl (C=O) groups excluding carboxylic acids is 1. The highest BCUT2D eigenvalue weighted by Gasteiger charge is 2.25. The first kappa shape index (κ1) is 20.7. The van der Waals surface area contributed by atoms with Crippen molar-refractivity contribution >= 4 is 49.6 Å². The van der Waals surface area contributed by atoms with Crippen molar-refractivity contribution in [3.8, 4) is 11.3 Å². The minimum atomic E-state index is 0.0150. The molecule has 0 fully saturated rings. The lowest BCUT2D eigenvalue weighted by Crippen LogP contribution is -1.98. The van der Waals surface area contributed by atoms with Gasteiger partial charge >= 0.3 is 0 Å². The molecule has 0 radical (unpaired) electrons. The maximum absolute atomic E-state index is 11.9. The van der Waals surface area contributed by atoms with E-state index in [0.717, 1.165) is 54.7 Å². The van der Waals surface area contributed by atoms with Gasteiger partial charge in [0.05, 0.1) is 37.3 Å². The first-order chi connectivity index (χ1) is 15.3. The van der Waals surface area contributed by atoms with E-state index in [9.17, 15) is 9.59 Å². The molecule has 0 unspecified atom stereocenters. The predicted molar refractivity (Wildman–Crippen MR) is 127 cm³/mol. The van der Waals surface area contributed by atoms with E-state index in [0.29, 0.717) is 11.1 Å². The number of aryl methyl sites for hydroxylation is 5. The van der Waals surface area contributed by atoms with Gasteiger partial charge in [-0.25, -0.2) is 9.97 Å². The molecule has 0 spiro atoms. The summed E-state index contributed by atoms with van der Waals surface area (Å²) in [6, 6.07) is 3.32. The van der Waals surface area contributed by atoms with E-state index >= 15 is 0 Å². The zero-order chi connectivity index (χ0) is 22.6. The molecule has 0 aliphatic heterocycles. The quantitative estimate of drug-likeness (QED) is 0.346. The van der Waals surface area contributed by atoms with Gasteiger partial charge < -0.3 is 0 Å². The Morgan fingerprint density at radius 3 is 2.47 bits per heavy atom. The maximum atomic E-state index is 11.9. The first-order valence-electron chi connectivity index (χ1n) is 10.1. The highest BCUT2D eigenvalue weighted by Crippen LogP contribution is 2.34. The molecule has 1 aliphatic rings. The molecule has 0 saturated heterocycles. The second kappa shape index (κ2) is 7.72. The maximum Gasteiger partial charge on any atom is 0.198 e. The second-order valence-electron chi connectivity index (χ2n) is 7.71. The smallest absolute Gasteiger partial charge is 0.198 e. The van der Waals surface area contributed by atoms with Gasteiger partial charge in [-0.15, -0.1) is 22.7 Å². The number of carbonyl (C=O) groups is 1. The topological polar surface area (TPSA) is 95.6 Å². The van der Waals surface area contributed by atoms with Gasteiger partial charge in [0.1, 0.15) is 4.70 Å². The number of nitrogens with zero attached hydrogens (tertiary/aromatic N) is 6. The highest BCUT2D eigenvalue weighted by molar-refractivity contribution is 7.18. The van der Waals surface area contributed by atoms with E-state index in [2.05, 4.69) is 20.2 Å². The molecule has 0 amide bonds. The Balaban J connectivity index is 0.000000135. The zero-order valence-corrected chi connectivity index (χ0v) is 19.7. The minimum absolute atomic E-state index is 0.0150. The monoisotopic (exact) mass is 464 g/mol. The van der Waals surface area contributed by atoms with Gasteiger partial charge in [0.25, 0.3) is 0 Å². The van der Waals surface area contributed by atoms with Crippen molar-refractivity contribution < 1.29 is 4.79 Å². The fraction of sp³-hybridized carbons (Fsp3) is 0.273. The van der Waals surface area contributed by atoms with Crippen LogP contribution in [0, 0.1) is 13.8 Å². The molecule has 8 nitrogen and oxygen atoms in total. The summed E-state index contributed by atoms with van der Waals surface area (Å²) in [4.78, 5) is 33.4. The van der Waals surface area contributed by atoms with Crippen LogP contribution in [0.25, 0.3) is 32.4 Å². The Hall–Kier alpha value is -3.24. The van der Waals surface area contributed by atoms with Crippen LogP contribution in [-0.4, -0.2) is 35.3 Å². The summed E-state index contributed by atoms with van der Waals surface area (Å²) in [6.07, 6.45) is 5.11. The molecule has 1 aromatic carbocycles. The Bertz CT molecular complexity index is 1570. The van der Waals surface area contributed by atoms with Crippen molar-refractivity contribution in [2.75, 3.05) is 0 Å². The van der Waals surface area contributed by atoms with Crippen LogP contribution >= 0.6 is 22.7 Å². The van der Waals surface area contributed by atoms with E-state index in [1.165, 1.54) is 22.7 Å². The largest absolute Gasteiger partial charge is 0.293 e. The number of Topliss-reactive ketones (excluding diaryl/α,β-unsaturated/α-hetero) is 1. The van der Waals surface area contributed by atoms with Crippen molar-refractivity contribution in [2.24, 2.45) is 14.1 Å². The first-order valence-corrected chi connectivity index (χ1v) is 11.7. The molecule has 4 heterocycles. The summed E-state index contributed by atoms with van der Waals surface area (Å²) in [7, 11) is 3.76. The Morgan fingerprint density at radius 1 is 0.906 bits per heavy atom. The molecule has 0 N–H and O–H groups in total. The van der Waals surface area contributed by atoms with Crippen molar-refractivity contribution in [1.82, 2.24) is 29.5 Å². The van der Waals surface area contributed by atoms with Crippen LogP contribution in [0.15, 0.2) is 29.3 Å². The third-order valence-corrected chi connectivity index (χ3v) is 7.20. The van der Waals surface area contributed by atoms with Gasteiger partial charge in [-0.2, -0.15) is 10.2 Å². The standard InChI is InChI=1S/C11H11N3OS.C11H9N3OS/c2*1-6-12-10-7-5-14(2)13-8(7)3-4-9(15)11(10)16-6/h5H,3-4H2,1-2H3;3-5H,1-2H3. The Morgan fingerprint density at radius 2 is 1.66 bits per heavy atom. The minimum Gasteiger partial charge on any atom is -0.293 e. The third kappa shape index (κ3) is 3.55. The molecule has 0 saturated carbocycles. The number of hydrogen-bond acceptors (Lipinski definition) is 8. The summed E-state index contributed by atoms with van der Waals surface area (Å²) in [5.74, 6) is 0.196. The number of aromatic nitrogens is 6. The van der Waals surface area contributed by atoms with Crippen LogP contribution in [0.1, 0.15) is 31.8 Å². The van der Waals surface area contributed by atoms with Crippen LogP contribution < -0.4 is 5.43 Å². The van der Waals surface area contributed by atoms with Gasteiger partial charge in [-0.05, 0) is 32.4 Å². The molecule has 0 atom stereocenters. The van der Waals surface area contributed by atoms with E-state index in [1.54, 1.807) is 21.5 Å². The average molecular weight is 465 g/mol. The van der Waals surface area contributed by atoms with Gasteiger partial charge in [-0.1, -0.05) is 0 Å². The molecule has 5 aromatic rings. The van der Waals surface area contributed by atoms with Crippen molar-refractivity contribution in [3.05, 3.63) is 55.3 Å². The summed E-state index contributed by atoms with van der Waals surface area (Å²) < 4.78 is 4.24. The lowest BCUT2D eigenvalue weighted by atomic mass is 10.2. The van der Waals surface area contributed by atoms with Crippen LogP contribution in [-0.2, 0) is 20.5 Å². The van der Waals surface area contributed by atoms with E-state index < -0.39 is 0 Å². The summed E-state index contributed by atoms with van der Waals surface area (Å²) in [5, 5.41) is 11.5. The fourth-order valence-electron chi connectivity index (χ4n) is 3.88. The SMILES string of the molecule is Cc1nc2c(s1)C(=O)CCc1nn(C)cc1-2.Cc1nc2c(s1)c(=O)ccc1nn(C)cc12. The number of rotatable bonds is 0. The van der Waals surface area contributed by atoms with E-state index in [4.69, 9.17) is 0 Å². The molecular weight excluding hydrogens is 444 g/mol. The summed E-state index contributed by atoms with van der Waals surface area (Å²) in [5.41, 5.74) is 4.42. The molecule has 1 aliphatic carbocycles. The lowest BCUT2D eigenvalue weighted by molar-refractivity contribution is 0.0987. The molecule has 6 rings (SSSR count). The van der Waals surface area contributed by atoms with Gasteiger partial charge in [0.15, 0.2) is 11.2 Å². The number of fused-ring (bicyclic) bond motifs is 6. The van der Waals surface area contributed by atoms with Crippen molar-refractivity contribution in [3.63, 3.8) is 0 Å².